The third-order valence-corrected chi connectivity index (χ3v) is 3.33. The van der Waals surface area contributed by atoms with Crippen molar-refractivity contribution in [2.45, 2.75) is 13.3 Å². The highest BCUT2D eigenvalue weighted by Crippen LogP contribution is 2.39. The Morgan fingerprint density at radius 1 is 1.35 bits per heavy atom. The van der Waals surface area contributed by atoms with Gasteiger partial charge < -0.3 is 16.2 Å². The Hall–Kier alpha value is -2.44. The van der Waals surface area contributed by atoms with Gasteiger partial charge in [0.15, 0.2) is 0 Å². The van der Waals surface area contributed by atoms with Crippen LogP contribution in [0.5, 0.6) is 0 Å². The van der Waals surface area contributed by atoms with E-state index in [0.29, 0.717) is 0 Å². The van der Waals surface area contributed by atoms with Gasteiger partial charge in [0.2, 0.25) is 11.8 Å². The van der Waals surface area contributed by atoms with Crippen molar-refractivity contribution >= 4 is 23.5 Å². The summed E-state index contributed by atoms with van der Waals surface area (Å²) in [6.07, 6.45) is 0.262. The van der Waals surface area contributed by atoms with Gasteiger partial charge in [0, 0.05) is 16.8 Å². The molecule has 1 saturated carbocycles. The molecular formula is C13H13FN2O4. The highest BCUT2D eigenvalue weighted by atomic mass is 19.1. The van der Waals surface area contributed by atoms with Gasteiger partial charge in [-0.15, -0.1) is 0 Å². The minimum absolute atomic E-state index is 0.0611. The number of nitrogens with two attached hydrogens (primary N) is 1. The summed E-state index contributed by atoms with van der Waals surface area (Å²) in [6, 6.07) is 2.27. The number of amides is 2. The summed E-state index contributed by atoms with van der Waals surface area (Å²) >= 11 is 0. The molecule has 0 aliphatic heterocycles. The first kappa shape index (κ1) is 14.0. The molecule has 1 aromatic rings. The van der Waals surface area contributed by atoms with Crippen LogP contribution in [0.3, 0.4) is 0 Å². The smallest absolute Gasteiger partial charge is 0.307 e. The fraction of sp³-hybridized carbons (Fsp3) is 0.308. The Morgan fingerprint density at radius 3 is 2.50 bits per heavy atom. The molecule has 0 spiro atoms. The number of benzene rings is 1. The number of hydrogen-bond donors (Lipinski definition) is 3. The van der Waals surface area contributed by atoms with Crippen molar-refractivity contribution in [1.82, 2.24) is 0 Å². The first-order chi connectivity index (χ1) is 9.31. The van der Waals surface area contributed by atoms with E-state index in [1.165, 1.54) is 13.0 Å². The first-order valence-electron chi connectivity index (χ1n) is 5.95. The number of rotatable bonds is 4. The van der Waals surface area contributed by atoms with E-state index in [9.17, 15) is 18.8 Å². The van der Waals surface area contributed by atoms with Gasteiger partial charge >= 0.3 is 5.97 Å². The molecule has 1 aliphatic carbocycles. The quantitative estimate of drug-likeness (QED) is 0.760. The second-order valence-corrected chi connectivity index (χ2v) is 4.77. The highest BCUT2D eigenvalue weighted by molar-refractivity contribution is 6.00. The van der Waals surface area contributed by atoms with Crippen molar-refractivity contribution in [3.05, 3.63) is 29.1 Å². The Labute approximate surface area is 113 Å². The normalized spacial score (nSPS) is 20.3. The lowest BCUT2D eigenvalue weighted by Crippen LogP contribution is -2.19. The average Bonchev–Trinajstić information content (AvgIpc) is 3.14. The van der Waals surface area contributed by atoms with E-state index in [1.54, 1.807) is 0 Å². The molecule has 106 valence electrons. The van der Waals surface area contributed by atoms with Gasteiger partial charge in [-0.1, -0.05) is 0 Å². The zero-order valence-corrected chi connectivity index (χ0v) is 10.6. The number of carboxylic acid groups (broad SMARTS) is 1. The van der Waals surface area contributed by atoms with Crippen LogP contribution in [-0.4, -0.2) is 22.9 Å². The van der Waals surface area contributed by atoms with Crippen molar-refractivity contribution in [3.63, 3.8) is 0 Å². The molecule has 0 radical (unpaired) electrons. The van der Waals surface area contributed by atoms with Gasteiger partial charge in [0.05, 0.1) is 11.8 Å². The summed E-state index contributed by atoms with van der Waals surface area (Å²) in [7, 11) is 0. The first-order valence-corrected chi connectivity index (χ1v) is 5.95. The third kappa shape index (κ3) is 2.61. The number of halogens is 1. The molecule has 0 saturated heterocycles. The number of anilines is 1. The maximum absolute atomic E-state index is 13.6. The number of primary amides is 1. The molecule has 6 nitrogen and oxygen atoms in total. The monoisotopic (exact) mass is 280 g/mol. The van der Waals surface area contributed by atoms with Crippen LogP contribution in [0.4, 0.5) is 10.1 Å². The molecule has 4 N–H and O–H groups in total. The topological polar surface area (TPSA) is 109 Å². The Morgan fingerprint density at radius 2 is 2.00 bits per heavy atom. The van der Waals surface area contributed by atoms with Crippen LogP contribution in [-0.2, 0) is 9.59 Å². The molecule has 2 amide bonds. The van der Waals surface area contributed by atoms with Gasteiger partial charge in [-0.3, -0.25) is 14.4 Å². The maximum Gasteiger partial charge on any atom is 0.307 e. The summed E-state index contributed by atoms with van der Waals surface area (Å²) < 4.78 is 13.6. The van der Waals surface area contributed by atoms with Crippen LogP contribution < -0.4 is 11.1 Å². The van der Waals surface area contributed by atoms with Crippen LogP contribution in [0.25, 0.3) is 0 Å². The number of carboxylic acids is 1. The molecule has 2 atom stereocenters. The van der Waals surface area contributed by atoms with Crippen molar-refractivity contribution < 1.29 is 23.9 Å². The average molecular weight is 280 g/mol. The molecule has 7 heteroatoms. The predicted octanol–water partition coefficient (Wildman–Crippen LogP) is 0.892. The zero-order valence-electron chi connectivity index (χ0n) is 10.6. The number of carbonyl (C=O) groups is 3. The van der Waals surface area contributed by atoms with E-state index < -0.39 is 35.4 Å². The second-order valence-electron chi connectivity index (χ2n) is 4.77. The van der Waals surface area contributed by atoms with E-state index in [2.05, 4.69) is 5.32 Å². The van der Waals surface area contributed by atoms with Crippen LogP contribution in [0.1, 0.15) is 22.3 Å². The molecule has 0 unspecified atom stereocenters. The SMILES string of the molecule is Cc1c(F)cc(C(N)=O)cc1NC(=O)[C@@H]1C[C@@H]1C(=O)O. The lowest BCUT2D eigenvalue weighted by Gasteiger charge is -2.10. The molecule has 1 aromatic carbocycles. The third-order valence-electron chi connectivity index (χ3n) is 3.33. The van der Waals surface area contributed by atoms with Crippen LogP contribution >= 0.6 is 0 Å². The molecule has 0 bridgehead atoms. The minimum Gasteiger partial charge on any atom is -0.481 e. The highest BCUT2D eigenvalue weighted by Gasteiger charge is 2.48. The van der Waals surface area contributed by atoms with Crippen LogP contribution in [0, 0.1) is 24.6 Å². The number of aliphatic carboxylic acids is 1. The fourth-order valence-corrected chi connectivity index (χ4v) is 1.93. The van der Waals surface area contributed by atoms with Crippen LogP contribution in [0.2, 0.25) is 0 Å². The Balaban J connectivity index is 2.19. The standard InChI is InChI=1S/C13H13FN2O4/c1-5-9(14)2-6(11(15)17)3-10(5)16-12(18)7-4-8(7)13(19)20/h2-3,7-8H,4H2,1H3,(H2,15,17)(H,16,18)(H,19,20)/t7-,8+/m1/s1. The van der Waals surface area contributed by atoms with Gasteiger partial charge in [-0.2, -0.15) is 0 Å². The number of nitrogens with one attached hydrogen (secondary N) is 1. The lowest BCUT2D eigenvalue weighted by atomic mass is 10.1. The molecular weight excluding hydrogens is 267 g/mol. The van der Waals surface area contributed by atoms with Crippen molar-refractivity contribution in [3.8, 4) is 0 Å². The van der Waals surface area contributed by atoms with E-state index in [1.807, 2.05) is 0 Å². The molecule has 20 heavy (non-hydrogen) atoms. The second kappa shape index (κ2) is 4.92. The van der Waals surface area contributed by atoms with Gasteiger partial charge in [-0.05, 0) is 25.5 Å². The Bertz CT molecular complexity index is 615. The maximum atomic E-state index is 13.6. The molecule has 1 aliphatic rings. The Kier molecular flexibility index (Phi) is 3.44. The summed E-state index contributed by atoms with van der Waals surface area (Å²) in [5.41, 5.74) is 5.30. The van der Waals surface area contributed by atoms with Crippen molar-refractivity contribution in [2.75, 3.05) is 5.32 Å². The number of hydrogen-bond acceptors (Lipinski definition) is 3. The fourth-order valence-electron chi connectivity index (χ4n) is 1.93. The van der Waals surface area contributed by atoms with E-state index in [0.717, 1.165) is 6.07 Å². The van der Waals surface area contributed by atoms with Gasteiger partial charge in [0.25, 0.3) is 0 Å². The lowest BCUT2D eigenvalue weighted by molar-refractivity contribution is -0.139. The largest absolute Gasteiger partial charge is 0.481 e. The summed E-state index contributed by atoms with van der Waals surface area (Å²) in [4.78, 5) is 33.6. The predicted molar refractivity (Wildman–Crippen MR) is 67.5 cm³/mol. The molecule has 0 heterocycles. The van der Waals surface area contributed by atoms with Gasteiger partial charge in [-0.25, -0.2) is 4.39 Å². The zero-order chi connectivity index (χ0) is 15.0. The van der Waals surface area contributed by atoms with Crippen molar-refractivity contribution in [2.24, 2.45) is 17.6 Å². The summed E-state index contributed by atoms with van der Waals surface area (Å²) in [5, 5.41) is 11.2. The van der Waals surface area contributed by atoms with Gasteiger partial charge in [0.1, 0.15) is 5.82 Å². The summed E-state index contributed by atoms with van der Waals surface area (Å²) in [5.74, 6) is -4.32. The van der Waals surface area contributed by atoms with Crippen molar-refractivity contribution in [1.29, 1.82) is 0 Å². The summed E-state index contributed by atoms with van der Waals surface area (Å²) in [6.45, 7) is 1.44. The minimum atomic E-state index is -1.03. The van der Waals surface area contributed by atoms with E-state index in [-0.39, 0.29) is 23.2 Å². The molecule has 1 fully saturated rings. The van der Waals surface area contributed by atoms with E-state index in [4.69, 9.17) is 10.8 Å². The molecule has 2 rings (SSSR count). The van der Waals surface area contributed by atoms with E-state index >= 15 is 0 Å². The number of carbonyl (C=O) groups excluding carboxylic acids is 2. The van der Waals surface area contributed by atoms with Crippen LogP contribution in [0.15, 0.2) is 12.1 Å². The molecule has 0 aromatic heterocycles.